The van der Waals surface area contributed by atoms with Gasteiger partial charge in [0.25, 0.3) is 5.56 Å². The summed E-state index contributed by atoms with van der Waals surface area (Å²) >= 11 is 11.0. The summed E-state index contributed by atoms with van der Waals surface area (Å²) in [6.45, 7) is 2.13. The molecule has 0 saturated heterocycles. The first-order chi connectivity index (χ1) is 12.6. The molecule has 0 bridgehead atoms. The molecule has 0 radical (unpaired) electrons. The van der Waals surface area contributed by atoms with Gasteiger partial charge in [-0.15, -0.1) is 0 Å². The Labute approximate surface area is 160 Å². The van der Waals surface area contributed by atoms with E-state index in [-0.39, 0.29) is 5.56 Å². The molecule has 0 saturated carbocycles. The molecule has 4 rings (SSSR count). The average Bonchev–Trinajstić information content (AvgIpc) is 2.63. The Morgan fingerprint density at radius 1 is 1.15 bits per heavy atom. The number of halogens is 1. The summed E-state index contributed by atoms with van der Waals surface area (Å²) in [5.74, 6) is 0. The van der Waals surface area contributed by atoms with Crippen LogP contribution in [-0.2, 0) is 19.5 Å². The average molecular weight is 385 g/mol. The molecule has 5 nitrogen and oxygen atoms in total. The molecule has 2 N–H and O–H groups in total. The van der Waals surface area contributed by atoms with Crippen molar-refractivity contribution in [3.05, 3.63) is 79.6 Å². The van der Waals surface area contributed by atoms with Gasteiger partial charge in [-0.2, -0.15) is 0 Å². The molecule has 132 valence electrons. The van der Waals surface area contributed by atoms with Gasteiger partial charge in [-0.3, -0.25) is 19.7 Å². The van der Waals surface area contributed by atoms with Crippen LogP contribution in [0.15, 0.2) is 47.3 Å². The molecule has 0 unspecified atom stereocenters. The second-order valence-corrected chi connectivity index (χ2v) is 7.19. The highest BCUT2D eigenvalue weighted by atomic mass is 35.5. The second kappa shape index (κ2) is 7.15. The fourth-order valence-corrected chi connectivity index (χ4v) is 3.57. The van der Waals surface area contributed by atoms with Crippen LogP contribution >= 0.6 is 23.8 Å². The lowest BCUT2D eigenvalue weighted by molar-refractivity contribution is 0.239. The summed E-state index contributed by atoms with van der Waals surface area (Å²) in [5.41, 5.74) is 4.52. The zero-order valence-electron chi connectivity index (χ0n) is 14.0. The molecule has 3 heterocycles. The van der Waals surface area contributed by atoms with Crippen molar-refractivity contribution < 1.29 is 0 Å². The number of nitrogens with zero attached hydrogens (tertiary/aromatic N) is 2. The molecular formula is C19H17ClN4OS. The molecular weight excluding hydrogens is 368 g/mol. The van der Waals surface area contributed by atoms with Gasteiger partial charge in [-0.05, 0) is 36.5 Å². The van der Waals surface area contributed by atoms with E-state index in [0.717, 1.165) is 41.2 Å². The van der Waals surface area contributed by atoms with Crippen LogP contribution in [0.3, 0.4) is 0 Å². The molecule has 1 aliphatic rings. The van der Waals surface area contributed by atoms with Crippen LogP contribution in [0.1, 0.15) is 17.0 Å². The number of aromatic nitrogens is 3. The maximum Gasteiger partial charge on any atom is 0.256 e. The van der Waals surface area contributed by atoms with Crippen molar-refractivity contribution >= 4 is 23.8 Å². The summed E-state index contributed by atoms with van der Waals surface area (Å²) in [4.78, 5) is 24.9. The van der Waals surface area contributed by atoms with Gasteiger partial charge in [0.2, 0.25) is 0 Å². The molecule has 0 aliphatic carbocycles. The highest BCUT2D eigenvalue weighted by Crippen LogP contribution is 2.21. The van der Waals surface area contributed by atoms with Crippen LogP contribution in [0.5, 0.6) is 0 Å². The predicted molar refractivity (Wildman–Crippen MR) is 105 cm³/mol. The third-order valence-corrected chi connectivity index (χ3v) is 4.98. The Balaban J connectivity index is 1.55. The largest absolute Gasteiger partial charge is 0.335 e. The minimum atomic E-state index is -0.101. The van der Waals surface area contributed by atoms with E-state index in [4.69, 9.17) is 28.8 Å². The third-order valence-electron chi connectivity index (χ3n) is 4.52. The van der Waals surface area contributed by atoms with Gasteiger partial charge >= 0.3 is 0 Å². The van der Waals surface area contributed by atoms with Gasteiger partial charge in [0.15, 0.2) is 4.77 Å². The molecule has 0 atom stereocenters. The van der Waals surface area contributed by atoms with Crippen molar-refractivity contribution in [1.29, 1.82) is 0 Å². The van der Waals surface area contributed by atoms with Gasteiger partial charge in [-0.1, -0.05) is 29.8 Å². The minimum Gasteiger partial charge on any atom is -0.335 e. The van der Waals surface area contributed by atoms with Crippen molar-refractivity contribution in [2.45, 2.75) is 19.5 Å². The maximum absolute atomic E-state index is 12.2. The third kappa shape index (κ3) is 3.62. The monoisotopic (exact) mass is 384 g/mol. The molecule has 3 aromatic rings. The van der Waals surface area contributed by atoms with Gasteiger partial charge in [0, 0.05) is 42.3 Å². The van der Waals surface area contributed by atoms with Crippen molar-refractivity contribution in [1.82, 2.24) is 19.9 Å². The van der Waals surface area contributed by atoms with Gasteiger partial charge in [0.1, 0.15) is 0 Å². The lowest BCUT2D eigenvalue weighted by Gasteiger charge is -2.27. The number of aromatic amines is 2. The summed E-state index contributed by atoms with van der Waals surface area (Å²) in [6.07, 6.45) is 0.778. The van der Waals surface area contributed by atoms with E-state index in [0.29, 0.717) is 22.9 Å². The quantitative estimate of drug-likeness (QED) is 0.676. The number of nitrogens with one attached hydrogen (secondary N) is 2. The molecule has 7 heteroatoms. The fraction of sp³-hybridized carbons (Fsp3) is 0.211. The van der Waals surface area contributed by atoms with Crippen LogP contribution in [0.2, 0.25) is 5.02 Å². The summed E-state index contributed by atoms with van der Waals surface area (Å²) in [6, 6.07) is 13.7. The van der Waals surface area contributed by atoms with Gasteiger partial charge < -0.3 is 4.98 Å². The Morgan fingerprint density at radius 3 is 2.77 bits per heavy atom. The Bertz CT molecular complexity index is 1060. The first-order valence-electron chi connectivity index (χ1n) is 8.37. The first kappa shape index (κ1) is 17.1. The van der Waals surface area contributed by atoms with E-state index in [9.17, 15) is 4.79 Å². The van der Waals surface area contributed by atoms with Crippen LogP contribution in [0.4, 0.5) is 0 Å². The van der Waals surface area contributed by atoms with E-state index in [2.05, 4.69) is 14.9 Å². The summed E-state index contributed by atoms with van der Waals surface area (Å²) < 4.78 is 0.388. The molecule has 0 fully saturated rings. The number of pyridine rings is 1. The smallest absolute Gasteiger partial charge is 0.256 e. The molecule has 0 amide bonds. The lowest BCUT2D eigenvalue weighted by atomic mass is 10.1. The summed E-state index contributed by atoms with van der Waals surface area (Å²) in [7, 11) is 0. The van der Waals surface area contributed by atoms with Crippen molar-refractivity contribution in [3.8, 4) is 11.3 Å². The van der Waals surface area contributed by atoms with Crippen LogP contribution in [-0.4, -0.2) is 26.4 Å². The molecule has 0 spiro atoms. The fourth-order valence-electron chi connectivity index (χ4n) is 3.23. The number of fused-ring (bicyclic) bond motifs is 1. The minimum absolute atomic E-state index is 0.101. The lowest BCUT2D eigenvalue weighted by Crippen LogP contribution is -2.35. The second-order valence-electron chi connectivity index (χ2n) is 6.35. The van der Waals surface area contributed by atoms with Crippen LogP contribution < -0.4 is 5.56 Å². The summed E-state index contributed by atoms with van der Waals surface area (Å²) in [5, 5.41) is 0.709. The normalized spacial score (nSPS) is 14.2. The van der Waals surface area contributed by atoms with E-state index < -0.39 is 0 Å². The zero-order chi connectivity index (χ0) is 18.1. The SMILES string of the molecule is O=c1[nH]c(=S)[nH]c2c1CN(Cc1cccc(-c3ccc(Cl)cc3)n1)CC2. The molecule has 2 aromatic heterocycles. The molecule has 1 aliphatic heterocycles. The number of rotatable bonds is 3. The van der Waals surface area contributed by atoms with Gasteiger partial charge in [0.05, 0.1) is 17.0 Å². The van der Waals surface area contributed by atoms with Crippen LogP contribution in [0, 0.1) is 4.77 Å². The predicted octanol–water partition coefficient (Wildman–Crippen LogP) is 3.71. The van der Waals surface area contributed by atoms with E-state index in [1.165, 1.54) is 0 Å². The Morgan fingerprint density at radius 2 is 1.96 bits per heavy atom. The topological polar surface area (TPSA) is 64.8 Å². The van der Waals surface area contributed by atoms with Crippen molar-refractivity contribution in [2.24, 2.45) is 0 Å². The highest BCUT2D eigenvalue weighted by Gasteiger charge is 2.20. The van der Waals surface area contributed by atoms with E-state index >= 15 is 0 Å². The van der Waals surface area contributed by atoms with Crippen molar-refractivity contribution in [3.63, 3.8) is 0 Å². The number of hydrogen-bond donors (Lipinski definition) is 2. The standard InChI is InChI=1S/C19H17ClN4OS/c20-13-6-4-12(5-7-13)16-3-1-2-14(21-16)10-24-9-8-17-15(11-24)18(25)23-19(26)22-17/h1-7H,8-11H2,(H2,22,23,25,26). The van der Waals surface area contributed by atoms with Crippen molar-refractivity contribution in [2.75, 3.05) is 6.54 Å². The van der Waals surface area contributed by atoms with Gasteiger partial charge in [-0.25, -0.2) is 0 Å². The van der Waals surface area contributed by atoms with Crippen LogP contribution in [0.25, 0.3) is 11.3 Å². The number of benzene rings is 1. The highest BCUT2D eigenvalue weighted by molar-refractivity contribution is 7.71. The molecule has 1 aromatic carbocycles. The maximum atomic E-state index is 12.2. The molecule has 26 heavy (non-hydrogen) atoms. The number of H-pyrrole nitrogens is 2. The number of hydrogen-bond acceptors (Lipinski definition) is 4. The first-order valence-corrected chi connectivity index (χ1v) is 9.16. The van der Waals surface area contributed by atoms with E-state index in [1.54, 1.807) is 0 Å². The Hall–Kier alpha value is -2.28. The van der Waals surface area contributed by atoms with E-state index in [1.807, 2.05) is 42.5 Å². The Kier molecular flexibility index (Phi) is 4.72. The zero-order valence-corrected chi connectivity index (χ0v) is 15.5.